The minimum Gasteiger partial charge on any atom is -0.495 e. The molecule has 4 unspecified atom stereocenters. The number of para-hydroxylation sites is 2. The Hall–Kier alpha value is -1.95. The van der Waals surface area contributed by atoms with Crippen molar-refractivity contribution in [2.24, 2.45) is 17.8 Å². The number of hydrogen-bond acceptors (Lipinski definition) is 4. The molecular formula is C21H29N3O3. The van der Waals surface area contributed by atoms with Gasteiger partial charge in [-0.2, -0.15) is 0 Å². The third-order valence-corrected chi connectivity index (χ3v) is 7.15. The Balaban J connectivity index is 1.57. The van der Waals surface area contributed by atoms with Crippen LogP contribution in [0, 0.1) is 17.8 Å². The van der Waals surface area contributed by atoms with Gasteiger partial charge in [0.1, 0.15) is 17.1 Å². The normalized spacial score (nSPS) is 39.0. The van der Waals surface area contributed by atoms with Crippen LogP contribution in [0.4, 0.5) is 10.5 Å². The molecule has 2 N–H and O–H groups in total. The summed E-state index contributed by atoms with van der Waals surface area (Å²) in [5, 5.41) is 18.1. The molecule has 6 nitrogen and oxygen atoms in total. The summed E-state index contributed by atoms with van der Waals surface area (Å²) in [5.41, 5.74) is -0.151. The van der Waals surface area contributed by atoms with Gasteiger partial charge in [0.2, 0.25) is 0 Å². The number of carbonyl (C=O) groups excluding carboxylic acids is 1. The van der Waals surface area contributed by atoms with Crippen LogP contribution in [0.15, 0.2) is 24.3 Å². The Morgan fingerprint density at radius 3 is 2.44 bits per heavy atom. The van der Waals surface area contributed by atoms with Gasteiger partial charge in [0, 0.05) is 0 Å². The molecule has 0 aromatic heterocycles. The first-order valence-corrected chi connectivity index (χ1v) is 10.1. The van der Waals surface area contributed by atoms with E-state index in [2.05, 4.69) is 10.3 Å². The highest BCUT2D eigenvalue weighted by molar-refractivity contribution is 5.83. The van der Waals surface area contributed by atoms with Gasteiger partial charge >= 0.3 is 6.03 Å². The molecule has 5 fully saturated rings. The standard InChI is InChI=1S/C21H29N3O3/c1-20(2)22-19(25)23(24(20)16-6-4-5-7-17(16)27-3)18-14-8-13-9-15(18)12-21(26,10-13)11-14/h4-7,13-15,18,26H,8-12H2,1-3H3,(H,22,25)/t13?,14-,15?,18?,21?/m0/s1. The maximum Gasteiger partial charge on any atom is 0.338 e. The van der Waals surface area contributed by atoms with Gasteiger partial charge in [-0.15, -0.1) is 0 Å². The summed E-state index contributed by atoms with van der Waals surface area (Å²) in [6.07, 6.45) is 4.81. The molecule has 4 bridgehead atoms. The lowest BCUT2D eigenvalue weighted by Crippen LogP contribution is -2.65. The molecule has 5 atom stereocenters. The van der Waals surface area contributed by atoms with E-state index in [0.29, 0.717) is 17.8 Å². The van der Waals surface area contributed by atoms with E-state index >= 15 is 0 Å². The Morgan fingerprint density at radius 2 is 1.81 bits per heavy atom. The fourth-order valence-corrected chi connectivity index (χ4v) is 6.58. The van der Waals surface area contributed by atoms with E-state index in [1.165, 1.54) is 0 Å². The molecule has 0 spiro atoms. The van der Waals surface area contributed by atoms with Crippen LogP contribution in [-0.4, -0.2) is 40.6 Å². The highest BCUT2D eigenvalue weighted by Gasteiger charge is 2.60. The maximum atomic E-state index is 13.1. The third-order valence-electron chi connectivity index (χ3n) is 7.15. The van der Waals surface area contributed by atoms with Gasteiger partial charge in [-0.3, -0.25) is 5.01 Å². The lowest BCUT2D eigenvalue weighted by Gasteiger charge is -2.60. The fourth-order valence-electron chi connectivity index (χ4n) is 6.58. The number of nitrogens with one attached hydrogen (secondary N) is 1. The second-order valence-electron chi connectivity index (χ2n) is 9.50. The molecule has 146 valence electrons. The number of urea groups is 1. The number of anilines is 1. The minimum absolute atomic E-state index is 0.0460. The number of hydrazine groups is 1. The number of aliphatic hydroxyl groups is 1. The van der Waals surface area contributed by atoms with Crippen molar-refractivity contribution in [1.82, 2.24) is 10.3 Å². The molecule has 2 amide bonds. The number of amides is 2. The quantitative estimate of drug-likeness (QED) is 0.857. The topological polar surface area (TPSA) is 65.0 Å². The van der Waals surface area contributed by atoms with Crippen molar-refractivity contribution in [2.45, 2.75) is 63.3 Å². The minimum atomic E-state index is -0.544. The zero-order valence-corrected chi connectivity index (χ0v) is 16.3. The largest absolute Gasteiger partial charge is 0.495 e. The van der Waals surface area contributed by atoms with Crippen LogP contribution in [0.5, 0.6) is 5.75 Å². The molecule has 1 aromatic carbocycles. The van der Waals surface area contributed by atoms with Crippen molar-refractivity contribution in [3.05, 3.63) is 24.3 Å². The third kappa shape index (κ3) is 2.45. The summed E-state index contributed by atoms with van der Waals surface area (Å²) in [5.74, 6) is 2.09. The van der Waals surface area contributed by atoms with Crippen LogP contribution in [0.3, 0.4) is 0 Å². The molecule has 6 rings (SSSR count). The SMILES string of the molecule is COc1ccccc1N1N(C2C3CC4C[C@H]2CC(O)(C4)C3)C(=O)NC1(C)C. The number of nitrogens with zero attached hydrogens (tertiary/aromatic N) is 2. The first-order valence-electron chi connectivity index (χ1n) is 10.1. The van der Waals surface area contributed by atoms with Crippen LogP contribution in [0.25, 0.3) is 0 Å². The molecule has 1 heterocycles. The highest BCUT2D eigenvalue weighted by atomic mass is 16.5. The molecule has 1 aromatic rings. The summed E-state index contributed by atoms with van der Waals surface area (Å²) in [6.45, 7) is 4.06. The average molecular weight is 371 g/mol. The molecule has 4 saturated carbocycles. The van der Waals surface area contributed by atoms with Crippen LogP contribution < -0.4 is 15.1 Å². The van der Waals surface area contributed by atoms with Crippen LogP contribution in [0.2, 0.25) is 0 Å². The van der Waals surface area contributed by atoms with E-state index in [1.54, 1.807) is 7.11 Å². The molecule has 1 aliphatic heterocycles. The monoisotopic (exact) mass is 371 g/mol. The zero-order chi connectivity index (χ0) is 19.0. The van der Waals surface area contributed by atoms with Gasteiger partial charge in [0.05, 0.1) is 18.8 Å². The van der Waals surface area contributed by atoms with Crippen LogP contribution in [0.1, 0.15) is 46.0 Å². The average Bonchev–Trinajstić information content (AvgIpc) is 2.81. The Kier molecular flexibility index (Phi) is 3.52. The van der Waals surface area contributed by atoms with Gasteiger partial charge in [-0.05, 0) is 75.8 Å². The zero-order valence-electron chi connectivity index (χ0n) is 16.3. The fraction of sp³-hybridized carbons (Fsp3) is 0.667. The van der Waals surface area contributed by atoms with Gasteiger partial charge in [-0.1, -0.05) is 12.1 Å². The summed E-state index contributed by atoms with van der Waals surface area (Å²) in [6, 6.07) is 7.96. The van der Waals surface area contributed by atoms with Crippen molar-refractivity contribution < 1.29 is 14.6 Å². The number of hydrogen-bond donors (Lipinski definition) is 2. The van der Waals surface area contributed by atoms with Crippen molar-refractivity contribution in [3.63, 3.8) is 0 Å². The number of methoxy groups -OCH3 is 1. The van der Waals surface area contributed by atoms with Gasteiger partial charge in [0.25, 0.3) is 0 Å². The Morgan fingerprint density at radius 1 is 1.15 bits per heavy atom. The van der Waals surface area contributed by atoms with E-state index in [-0.39, 0.29) is 12.1 Å². The first kappa shape index (κ1) is 17.2. The van der Waals surface area contributed by atoms with Crippen LogP contribution in [-0.2, 0) is 0 Å². The first-order chi connectivity index (χ1) is 12.8. The van der Waals surface area contributed by atoms with E-state index in [4.69, 9.17) is 4.74 Å². The van der Waals surface area contributed by atoms with Crippen molar-refractivity contribution in [1.29, 1.82) is 0 Å². The second-order valence-corrected chi connectivity index (χ2v) is 9.50. The molecule has 0 radical (unpaired) electrons. The number of rotatable bonds is 3. The lowest BCUT2D eigenvalue weighted by atomic mass is 9.52. The maximum absolute atomic E-state index is 13.1. The highest BCUT2D eigenvalue weighted by Crippen LogP contribution is 2.58. The van der Waals surface area contributed by atoms with Gasteiger partial charge in [-0.25, -0.2) is 9.80 Å². The van der Waals surface area contributed by atoms with E-state index < -0.39 is 11.3 Å². The van der Waals surface area contributed by atoms with Crippen molar-refractivity contribution >= 4 is 11.7 Å². The number of benzene rings is 1. The molecule has 1 saturated heterocycles. The summed E-state index contributed by atoms with van der Waals surface area (Å²) < 4.78 is 5.61. The molecule has 27 heavy (non-hydrogen) atoms. The van der Waals surface area contributed by atoms with Gasteiger partial charge < -0.3 is 15.2 Å². The molecule has 6 heteroatoms. The Bertz CT molecular complexity index is 764. The van der Waals surface area contributed by atoms with E-state index in [1.807, 2.05) is 43.1 Å². The predicted octanol–water partition coefficient (Wildman–Crippen LogP) is 3.12. The summed E-state index contributed by atoms with van der Waals surface area (Å²) in [7, 11) is 1.67. The lowest BCUT2D eigenvalue weighted by molar-refractivity contribution is -0.154. The van der Waals surface area contributed by atoms with Crippen molar-refractivity contribution in [3.8, 4) is 5.75 Å². The summed E-state index contributed by atoms with van der Waals surface area (Å²) in [4.78, 5) is 13.1. The smallest absolute Gasteiger partial charge is 0.338 e. The number of carbonyl (C=O) groups is 1. The summed E-state index contributed by atoms with van der Waals surface area (Å²) >= 11 is 0. The predicted molar refractivity (Wildman–Crippen MR) is 102 cm³/mol. The molecular weight excluding hydrogens is 342 g/mol. The molecule has 4 aliphatic carbocycles. The second kappa shape index (κ2) is 5.53. The van der Waals surface area contributed by atoms with Crippen LogP contribution >= 0.6 is 0 Å². The van der Waals surface area contributed by atoms with E-state index in [9.17, 15) is 9.90 Å². The van der Waals surface area contributed by atoms with Gasteiger partial charge in [0.15, 0.2) is 0 Å². The molecule has 5 aliphatic rings. The number of ether oxygens (including phenoxy) is 1. The Labute approximate surface area is 160 Å². The van der Waals surface area contributed by atoms with E-state index in [0.717, 1.165) is 43.5 Å². The van der Waals surface area contributed by atoms with Crippen molar-refractivity contribution in [2.75, 3.05) is 12.1 Å².